The molecule has 0 aliphatic rings. The number of aromatic nitrogens is 1. The molecule has 0 saturated heterocycles. The van der Waals surface area contributed by atoms with Gasteiger partial charge in [0, 0.05) is 23.6 Å². The van der Waals surface area contributed by atoms with Gasteiger partial charge in [0.25, 0.3) is 5.91 Å². The summed E-state index contributed by atoms with van der Waals surface area (Å²) < 4.78 is 5.55. The monoisotopic (exact) mass is 413 g/mol. The third-order valence-electron chi connectivity index (χ3n) is 4.93. The lowest BCUT2D eigenvalue weighted by Gasteiger charge is -2.11. The van der Waals surface area contributed by atoms with Gasteiger partial charge < -0.3 is 15.1 Å². The second-order valence-electron chi connectivity index (χ2n) is 7.53. The van der Waals surface area contributed by atoms with Gasteiger partial charge in [-0.3, -0.25) is 9.59 Å². The highest BCUT2D eigenvalue weighted by Gasteiger charge is 2.15. The fraction of sp³-hybridized carbons (Fsp3) is 0.160. The van der Waals surface area contributed by atoms with E-state index in [9.17, 15) is 9.59 Å². The first-order valence-electron chi connectivity index (χ1n) is 10.0. The van der Waals surface area contributed by atoms with Gasteiger partial charge in [-0.05, 0) is 56.3 Å². The molecule has 0 bridgehead atoms. The average molecular weight is 413 g/mol. The zero-order chi connectivity index (χ0) is 22.0. The Hall–Kier alpha value is -3.93. The summed E-state index contributed by atoms with van der Waals surface area (Å²) in [5.74, 6) is 1.19. The van der Waals surface area contributed by atoms with Crippen molar-refractivity contribution in [2.45, 2.75) is 27.3 Å². The minimum atomic E-state index is -0.192. The summed E-state index contributed by atoms with van der Waals surface area (Å²) in [4.78, 5) is 29.1. The molecule has 2 aromatic heterocycles. The van der Waals surface area contributed by atoms with E-state index < -0.39 is 0 Å². The lowest BCUT2D eigenvalue weighted by Crippen LogP contribution is -2.23. The first kappa shape index (κ1) is 20.3. The van der Waals surface area contributed by atoms with Crippen molar-refractivity contribution in [1.82, 2.24) is 10.3 Å². The van der Waals surface area contributed by atoms with Crippen molar-refractivity contribution in [2.75, 3.05) is 5.32 Å². The van der Waals surface area contributed by atoms with Gasteiger partial charge in [0.1, 0.15) is 11.5 Å². The van der Waals surface area contributed by atoms with Gasteiger partial charge in [0.05, 0.1) is 23.3 Å². The fourth-order valence-corrected chi connectivity index (χ4v) is 3.45. The van der Waals surface area contributed by atoms with Gasteiger partial charge in [0.15, 0.2) is 0 Å². The maximum Gasteiger partial charge on any atom is 0.252 e. The van der Waals surface area contributed by atoms with Crippen LogP contribution in [-0.4, -0.2) is 16.8 Å². The number of nitrogens with one attached hydrogen (secondary N) is 2. The molecule has 0 spiro atoms. The number of hydrogen-bond donors (Lipinski definition) is 2. The van der Waals surface area contributed by atoms with Crippen LogP contribution in [0.1, 0.15) is 34.4 Å². The molecule has 0 aliphatic heterocycles. The van der Waals surface area contributed by atoms with E-state index in [-0.39, 0.29) is 11.8 Å². The van der Waals surface area contributed by atoms with E-state index in [1.54, 1.807) is 6.07 Å². The number of aryl methyl sites for hydroxylation is 2. The van der Waals surface area contributed by atoms with E-state index in [0.717, 1.165) is 27.8 Å². The van der Waals surface area contributed by atoms with Gasteiger partial charge in [0.2, 0.25) is 5.91 Å². The number of furan rings is 1. The standard InChI is InChI=1S/C25H23N3O3/c1-15-4-11-23-21(12-15)22(25(30)26-14-20-10-5-16(2)31-20)13-24(28-23)18-6-8-19(9-7-18)27-17(3)29/h4-13H,14H2,1-3H3,(H,26,30)(H,27,29). The van der Waals surface area contributed by atoms with E-state index in [2.05, 4.69) is 10.6 Å². The summed E-state index contributed by atoms with van der Waals surface area (Å²) >= 11 is 0. The van der Waals surface area contributed by atoms with Crippen molar-refractivity contribution in [3.63, 3.8) is 0 Å². The lowest BCUT2D eigenvalue weighted by molar-refractivity contribution is -0.114. The molecular formula is C25H23N3O3. The number of anilines is 1. The predicted molar refractivity (Wildman–Crippen MR) is 121 cm³/mol. The second kappa shape index (κ2) is 8.44. The van der Waals surface area contributed by atoms with Crippen LogP contribution >= 0.6 is 0 Å². The van der Waals surface area contributed by atoms with Gasteiger partial charge in [-0.1, -0.05) is 23.8 Å². The van der Waals surface area contributed by atoms with Crippen LogP contribution in [0.3, 0.4) is 0 Å². The molecule has 31 heavy (non-hydrogen) atoms. The zero-order valence-electron chi connectivity index (χ0n) is 17.7. The van der Waals surface area contributed by atoms with Crippen molar-refractivity contribution in [3.05, 3.63) is 83.3 Å². The molecule has 0 unspecified atom stereocenters. The largest absolute Gasteiger partial charge is 0.465 e. The molecule has 0 fully saturated rings. The summed E-state index contributed by atoms with van der Waals surface area (Å²) in [5, 5.41) is 6.49. The minimum absolute atomic E-state index is 0.127. The Morgan fingerprint density at radius 1 is 0.968 bits per heavy atom. The van der Waals surface area contributed by atoms with E-state index in [1.165, 1.54) is 6.92 Å². The summed E-state index contributed by atoms with van der Waals surface area (Å²) in [6.45, 7) is 5.63. The number of nitrogens with zero attached hydrogens (tertiary/aromatic N) is 1. The molecule has 4 aromatic rings. The quantitative estimate of drug-likeness (QED) is 0.482. The van der Waals surface area contributed by atoms with Crippen LogP contribution in [0.25, 0.3) is 22.2 Å². The Morgan fingerprint density at radius 2 is 1.74 bits per heavy atom. The number of pyridine rings is 1. The van der Waals surface area contributed by atoms with Gasteiger partial charge in [-0.15, -0.1) is 0 Å². The van der Waals surface area contributed by atoms with Crippen LogP contribution in [0.4, 0.5) is 5.69 Å². The molecule has 0 atom stereocenters. The molecule has 2 amide bonds. The SMILES string of the molecule is CC(=O)Nc1ccc(-c2cc(C(=O)NCc3ccc(C)o3)c3cc(C)ccc3n2)cc1. The number of fused-ring (bicyclic) bond motifs is 1. The maximum absolute atomic E-state index is 13.1. The van der Waals surface area contributed by atoms with Crippen molar-refractivity contribution in [3.8, 4) is 11.3 Å². The molecule has 0 saturated carbocycles. The van der Waals surface area contributed by atoms with Crippen LogP contribution in [0, 0.1) is 13.8 Å². The van der Waals surface area contributed by atoms with Crippen LogP contribution in [0.15, 0.2) is 65.1 Å². The zero-order valence-corrected chi connectivity index (χ0v) is 17.7. The van der Waals surface area contributed by atoms with Crippen LogP contribution < -0.4 is 10.6 Å². The molecule has 2 aromatic carbocycles. The van der Waals surface area contributed by atoms with Gasteiger partial charge >= 0.3 is 0 Å². The predicted octanol–water partition coefficient (Wildman–Crippen LogP) is 5.00. The van der Waals surface area contributed by atoms with Crippen molar-refractivity contribution in [1.29, 1.82) is 0 Å². The first-order valence-corrected chi connectivity index (χ1v) is 10.0. The minimum Gasteiger partial charge on any atom is -0.465 e. The molecular weight excluding hydrogens is 390 g/mol. The van der Waals surface area contributed by atoms with E-state index >= 15 is 0 Å². The Kier molecular flexibility index (Phi) is 5.54. The second-order valence-corrected chi connectivity index (χ2v) is 7.53. The summed E-state index contributed by atoms with van der Waals surface area (Å²) in [7, 11) is 0. The molecule has 156 valence electrons. The molecule has 0 radical (unpaired) electrons. The lowest BCUT2D eigenvalue weighted by atomic mass is 10.0. The fourth-order valence-electron chi connectivity index (χ4n) is 3.45. The number of carbonyl (C=O) groups excluding carboxylic acids is 2. The number of rotatable bonds is 5. The van der Waals surface area contributed by atoms with Crippen molar-refractivity contribution in [2.24, 2.45) is 0 Å². The average Bonchev–Trinajstić information content (AvgIpc) is 3.16. The third-order valence-corrected chi connectivity index (χ3v) is 4.93. The van der Waals surface area contributed by atoms with Crippen molar-refractivity contribution < 1.29 is 14.0 Å². The molecule has 2 N–H and O–H groups in total. The van der Waals surface area contributed by atoms with Crippen LogP contribution in [0.5, 0.6) is 0 Å². The Labute approximate surface area is 180 Å². The third kappa shape index (κ3) is 4.64. The number of benzene rings is 2. The molecule has 2 heterocycles. The molecule has 6 nitrogen and oxygen atoms in total. The highest BCUT2D eigenvalue weighted by atomic mass is 16.3. The van der Waals surface area contributed by atoms with Gasteiger partial charge in [-0.2, -0.15) is 0 Å². The van der Waals surface area contributed by atoms with Crippen molar-refractivity contribution >= 4 is 28.4 Å². The Bertz CT molecular complexity index is 1270. The Morgan fingerprint density at radius 3 is 2.42 bits per heavy atom. The molecule has 6 heteroatoms. The number of hydrogen-bond acceptors (Lipinski definition) is 4. The number of carbonyl (C=O) groups is 2. The van der Waals surface area contributed by atoms with Crippen LogP contribution in [-0.2, 0) is 11.3 Å². The number of amides is 2. The molecule has 4 rings (SSSR count). The van der Waals surface area contributed by atoms with E-state index in [4.69, 9.17) is 9.40 Å². The highest BCUT2D eigenvalue weighted by Crippen LogP contribution is 2.27. The summed E-state index contributed by atoms with van der Waals surface area (Å²) in [5.41, 5.74) is 4.60. The van der Waals surface area contributed by atoms with Gasteiger partial charge in [-0.25, -0.2) is 4.98 Å². The van der Waals surface area contributed by atoms with E-state index in [0.29, 0.717) is 29.2 Å². The first-order chi connectivity index (χ1) is 14.9. The van der Waals surface area contributed by atoms with Crippen LogP contribution in [0.2, 0.25) is 0 Å². The maximum atomic E-state index is 13.1. The smallest absolute Gasteiger partial charge is 0.252 e. The molecule has 0 aliphatic carbocycles. The summed E-state index contributed by atoms with van der Waals surface area (Å²) in [6.07, 6.45) is 0. The van der Waals surface area contributed by atoms with E-state index in [1.807, 2.05) is 68.4 Å². The highest BCUT2D eigenvalue weighted by molar-refractivity contribution is 6.07. The Balaban J connectivity index is 1.70. The normalized spacial score (nSPS) is 10.8. The summed E-state index contributed by atoms with van der Waals surface area (Å²) in [6, 6.07) is 18.8. The topological polar surface area (TPSA) is 84.2 Å².